The first kappa shape index (κ1) is 20.6. The number of carbonyl (C=O) groups excluding carboxylic acids is 2. The third kappa shape index (κ3) is 4.43. The van der Waals surface area contributed by atoms with Crippen LogP contribution in [0.1, 0.15) is 70.9 Å². The average Bonchev–Trinajstić information content (AvgIpc) is 2.82. The van der Waals surface area contributed by atoms with Crippen LogP contribution in [0.4, 0.5) is 0 Å². The molecule has 4 nitrogen and oxygen atoms in total. The Morgan fingerprint density at radius 3 is 2.33 bits per heavy atom. The lowest BCUT2D eigenvalue weighted by Gasteiger charge is -2.38. The first-order valence-electron chi connectivity index (χ1n) is 11.4. The van der Waals surface area contributed by atoms with Crippen LogP contribution < -0.4 is 0 Å². The van der Waals surface area contributed by atoms with Gasteiger partial charge < -0.3 is 9.80 Å². The van der Waals surface area contributed by atoms with Crippen LogP contribution in [0.3, 0.4) is 0 Å². The molecule has 2 aromatic carbocycles. The standard InChI is InChI=1S/C26H32N2O2/c1-2-16-28(26(30)23-13-12-20-8-6-7-11-22(20)19-23)24-14-17-27(18-15-24)25(29)21-9-4-3-5-10-21/h3-5,9-10,12-13,19,24H,2,6-8,11,14-18H2,1H3. The molecule has 1 aliphatic carbocycles. The lowest BCUT2D eigenvalue weighted by molar-refractivity contribution is 0.0519. The predicted molar refractivity (Wildman–Crippen MR) is 120 cm³/mol. The van der Waals surface area contributed by atoms with Gasteiger partial charge in [-0.15, -0.1) is 0 Å². The van der Waals surface area contributed by atoms with Crippen molar-refractivity contribution in [3.63, 3.8) is 0 Å². The van der Waals surface area contributed by atoms with Gasteiger partial charge in [0.05, 0.1) is 0 Å². The summed E-state index contributed by atoms with van der Waals surface area (Å²) in [7, 11) is 0. The van der Waals surface area contributed by atoms with Gasteiger partial charge in [0.1, 0.15) is 0 Å². The molecule has 2 aromatic rings. The van der Waals surface area contributed by atoms with Gasteiger partial charge in [-0.2, -0.15) is 0 Å². The Balaban J connectivity index is 1.43. The van der Waals surface area contributed by atoms with Gasteiger partial charge in [0.25, 0.3) is 11.8 Å². The minimum absolute atomic E-state index is 0.0945. The van der Waals surface area contributed by atoms with E-state index >= 15 is 0 Å². The topological polar surface area (TPSA) is 40.6 Å². The highest BCUT2D eigenvalue weighted by molar-refractivity contribution is 5.95. The largest absolute Gasteiger partial charge is 0.338 e. The number of hydrogen-bond donors (Lipinski definition) is 0. The molecular formula is C26H32N2O2. The summed E-state index contributed by atoms with van der Waals surface area (Å²) in [5, 5.41) is 0. The number of hydrogen-bond acceptors (Lipinski definition) is 2. The molecule has 30 heavy (non-hydrogen) atoms. The highest BCUT2D eigenvalue weighted by Crippen LogP contribution is 2.25. The van der Waals surface area contributed by atoms with E-state index < -0.39 is 0 Å². The van der Waals surface area contributed by atoms with Crippen LogP contribution in [-0.4, -0.2) is 47.3 Å². The van der Waals surface area contributed by atoms with Crippen molar-refractivity contribution >= 4 is 11.8 Å². The molecule has 1 heterocycles. The fourth-order valence-corrected chi connectivity index (χ4v) is 4.87. The summed E-state index contributed by atoms with van der Waals surface area (Å²) in [6.07, 6.45) is 7.32. The highest BCUT2D eigenvalue weighted by atomic mass is 16.2. The second-order valence-corrected chi connectivity index (χ2v) is 8.58. The second-order valence-electron chi connectivity index (χ2n) is 8.58. The van der Waals surface area contributed by atoms with Crippen LogP contribution >= 0.6 is 0 Å². The number of rotatable bonds is 5. The number of benzene rings is 2. The van der Waals surface area contributed by atoms with E-state index in [1.165, 1.54) is 24.0 Å². The van der Waals surface area contributed by atoms with E-state index in [2.05, 4.69) is 24.0 Å². The minimum Gasteiger partial charge on any atom is -0.338 e. The third-order valence-electron chi connectivity index (χ3n) is 6.53. The molecule has 1 saturated heterocycles. The Kier molecular flexibility index (Phi) is 6.51. The van der Waals surface area contributed by atoms with E-state index in [1.807, 2.05) is 41.3 Å². The maximum Gasteiger partial charge on any atom is 0.254 e. The number of piperidine rings is 1. The first-order valence-corrected chi connectivity index (χ1v) is 11.4. The van der Waals surface area contributed by atoms with Crippen molar-refractivity contribution in [1.29, 1.82) is 0 Å². The highest BCUT2D eigenvalue weighted by Gasteiger charge is 2.30. The van der Waals surface area contributed by atoms with E-state index in [4.69, 9.17) is 0 Å². The van der Waals surface area contributed by atoms with Crippen LogP contribution in [0.25, 0.3) is 0 Å². The minimum atomic E-state index is 0.0945. The van der Waals surface area contributed by atoms with Gasteiger partial charge in [-0.1, -0.05) is 31.2 Å². The Hall–Kier alpha value is -2.62. The fraction of sp³-hybridized carbons (Fsp3) is 0.462. The van der Waals surface area contributed by atoms with Crippen molar-refractivity contribution in [3.05, 3.63) is 70.8 Å². The van der Waals surface area contributed by atoms with Crippen LogP contribution in [0, 0.1) is 0 Å². The van der Waals surface area contributed by atoms with Crippen LogP contribution in [-0.2, 0) is 12.8 Å². The number of aryl methyl sites for hydroxylation is 2. The summed E-state index contributed by atoms with van der Waals surface area (Å²) in [5.41, 5.74) is 4.33. The summed E-state index contributed by atoms with van der Waals surface area (Å²) >= 11 is 0. The van der Waals surface area contributed by atoms with Gasteiger partial charge in [-0.3, -0.25) is 9.59 Å². The fourth-order valence-electron chi connectivity index (χ4n) is 4.87. The predicted octanol–water partition coefficient (Wildman–Crippen LogP) is 4.72. The van der Waals surface area contributed by atoms with Crippen molar-refractivity contribution in [2.45, 2.75) is 57.9 Å². The second kappa shape index (κ2) is 9.46. The zero-order chi connectivity index (χ0) is 20.9. The molecule has 0 aromatic heterocycles. The van der Waals surface area contributed by atoms with Gasteiger partial charge in [0, 0.05) is 36.8 Å². The van der Waals surface area contributed by atoms with Gasteiger partial charge in [0.15, 0.2) is 0 Å². The van der Waals surface area contributed by atoms with Gasteiger partial charge >= 0.3 is 0 Å². The monoisotopic (exact) mass is 404 g/mol. The summed E-state index contributed by atoms with van der Waals surface area (Å²) in [4.78, 5) is 30.1. The van der Waals surface area contributed by atoms with E-state index in [0.717, 1.165) is 49.8 Å². The smallest absolute Gasteiger partial charge is 0.254 e. The van der Waals surface area contributed by atoms with Crippen molar-refractivity contribution < 1.29 is 9.59 Å². The first-order chi connectivity index (χ1) is 14.7. The molecule has 0 saturated carbocycles. The molecule has 4 heteroatoms. The molecule has 0 unspecified atom stereocenters. The van der Waals surface area contributed by atoms with Crippen LogP contribution in [0.5, 0.6) is 0 Å². The third-order valence-corrected chi connectivity index (χ3v) is 6.53. The SMILES string of the molecule is CCCN(C(=O)c1ccc2c(c1)CCCC2)C1CCN(C(=O)c2ccccc2)CC1. The number of amides is 2. The Morgan fingerprint density at radius 1 is 0.933 bits per heavy atom. The molecule has 0 spiro atoms. The van der Waals surface area contributed by atoms with Gasteiger partial charge in [-0.05, 0) is 80.3 Å². The summed E-state index contributed by atoms with van der Waals surface area (Å²) < 4.78 is 0. The van der Waals surface area contributed by atoms with E-state index in [-0.39, 0.29) is 17.9 Å². The van der Waals surface area contributed by atoms with Crippen molar-refractivity contribution in [2.75, 3.05) is 19.6 Å². The molecule has 0 N–H and O–H groups in total. The Labute approximate surface area is 179 Å². The molecule has 1 fully saturated rings. The zero-order valence-electron chi connectivity index (χ0n) is 18.0. The number of nitrogens with zero attached hydrogens (tertiary/aromatic N) is 2. The summed E-state index contributed by atoms with van der Waals surface area (Å²) in [6.45, 7) is 4.31. The summed E-state index contributed by atoms with van der Waals surface area (Å²) in [5.74, 6) is 0.246. The number of fused-ring (bicyclic) bond motifs is 1. The molecule has 0 radical (unpaired) electrons. The van der Waals surface area contributed by atoms with E-state index in [1.54, 1.807) is 0 Å². The van der Waals surface area contributed by atoms with Crippen molar-refractivity contribution in [1.82, 2.24) is 9.80 Å². The van der Waals surface area contributed by atoms with Crippen LogP contribution in [0.15, 0.2) is 48.5 Å². The van der Waals surface area contributed by atoms with Gasteiger partial charge in [-0.25, -0.2) is 0 Å². The molecule has 2 amide bonds. The Morgan fingerprint density at radius 2 is 1.63 bits per heavy atom. The molecule has 1 aliphatic heterocycles. The number of likely N-dealkylation sites (tertiary alicyclic amines) is 1. The van der Waals surface area contributed by atoms with Crippen LogP contribution in [0.2, 0.25) is 0 Å². The quantitative estimate of drug-likeness (QED) is 0.723. The summed E-state index contributed by atoms with van der Waals surface area (Å²) in [6, 6.07) is 16.0. The average molecular weight is 405 g/mol. The molecular weight excluding hydrogens is 372 g/mol. The van der Waals surface area contributed by atoms with E-state index in [0.29, 0.717) is 13.1 Å². The van der Waals surface area contributed by atoms with Gasteiger partial charge in [0.2, 0.25) is 0 Å². The van der Waals surface area contributed by atoms with E-state index in [9.17, 15) is 9.59 Å². The number of carbonyl (C=O) groups is 2. The lowest BCUT2D eigenvalue weighted by atomic mass is 9.90. The lowest BCUT2D eigenvalue weighted by Crippen LogP contribution is -2.49. The maximum absolute atomic E-state index is 13.4. The molecule has 4 rings (SSSR count). The van der Waals surface area contributed by atoms with Crippen molar-refractivity contribution in [2.24, 2.45) is 0 Å². The Bertz CT molecular complexity index is 885. The van der Waals surface area contributed by atoms with Crippen molar-refractivity contribution in [3.8, 4) is 0 Å². The molecule has 158 valence electrons. The zero-order valence-corrected chi connectivity index (χ0v) is 18.0. The molecule has 0 atom stereocenters. The molecule has 2 aliphatic rings. The molecule has 0 bridgehead atoms. The maximum atomic E-state index is 13.4. The normalized spacial score (nSPS) is 16.8.